The predicted molar refractivity (Wildman–Crippen MR) is 80.4 cm³/mol. The van der Waals surface area contributed by atoms with E-state index in [-0.39, 0.29) is 17.1 Å². The lowest BCUT2D eigenvalue weighted by Gasteiger charge is -2.38. The summed E-state index contributed by atoms with van der Waals surface area (Å²) >= 11 is 0. The standard InChI is InChI=1S/C14H20N4O3/c1-2-16-13(19)10-4-5-12(18(20)21)11(8-10)17-9-14(15)6-3-7-14/h4-5,8,17H,2-3,6-7,9,15H2,1H3,(H,16,19). The molecule has 4 N–H and O–H groups in total. The predicted octanol–water partition coefficient (Wildman–Crippen LogP) is 1.64. The molecule has 114 valence electrons. The molecule has 0 radical (unpaired) electrons. The molecule has 7 nitrogen and oxygen atoms in total. The average Bonchev–Trinajstić information content (AvgIpc) is 2.42. The first-order valence-electron chi connectivity index (χ1n) is 7.04. The molecule has 0 saturated heterocycles. The molecule has 1 saturated carbocycles. The van der Waals surface area contributed by atoms with Gasteiger partial charge in [0.2, 0.25) is 0 Å². The number of nitrogens with one attached hydrogen (secondary N) is 2. The Kier molecular flexibility index (Phi) is 4.42. The molecule has 21 heavy (non-hydrogen) atoms. The second-order valence-electron chi connectivity index (χ2n) is 5.42. The summed E-state index contributed by atoms with van der Waals surface area (Å²) in [5, 5.41) is 16.8. The average molecular weight is 292 g/mol. The van der Waals surface area contributed by atoms with E-state index in [2.05, 4.69) is 10.6 Å². The van der Waals surface area contributed by atoms with Gasteiger partial charge in [0, 0.05) is 30.3 Å². The van der Waals surface area contributed by atoms with Gasteiger partial charge in [0.1, 0.15) is 5.69 Å². The van der Waals surface area contributed by atoms with Gasteiger partial charge in [-0.25, -0.2) is 0 Å². The highest BCUT2D eigenvalue weighted by atomic mass is 16.6. The summed E-state index contributed by atoms with van der Waals surface area (Å²) in [5.74, 6) is -0.249. The summed E-state index contributed by atoms with van der Waals surface area (Å²) in [7, 11) is 0. The maximum atomic E-state index is 11.8. The van der Waals surface area contributed by atoms with E-state index in [9.17, 15) is 14.9 Å². The minimum absolute atomic E-state index is 0.0500. The van der Waals surface area contributed by atoms with Gasteiger partial charge in [-0.1, -0.05) is 0 Å². The number of rotatable bonds is 6. The Bertz CT molecular complexity index is 555. The summed E-state index contributed by atoms with van der Waals surface area (Å²) in [6, 6.07) is 4.30. The molecule has 2 rings (SSSR count). The van der Waals surface area contributed by atoms with Gasteiger partial charge in [0.25, 0.3) is 11.6 Å². The molecule has 0 spiro atoms. The van der Waals surface area contributed by atoms with Crippen molar-refractivity contribution in [2.75, 3.05) is 18.4 Å². The number of nitro groups is 1. The SMILES string of the molecule is CCNC(=O)c1ccc([N+](=O)[O-])c(NCC2(N)CCC2)c1. The summed E-state index contributed by atoms with van der Waals surface area (Å²) in [6.45, 7) is 2.79. The van der Waals surface area contributed by atoms with Crippen LogP contribution in [0.2, 0.25) is 0 Å². The van der Waals surface area contributed by atoms with Crippen LogP contribution in [0.25, 0.3) is 0 Å². The van der Waals surface area contributed by atoms with Crippen LogP contribution in [-0.2, 0) is 0 Å². The van der Waals surface area contributed by atoms with Crippen LogP contribution >= 0.6 is 0 Å². The topological polar surface area (TPSA) is 110 Å². The summed E-state index contributed by atoms with van der Waals surface area (Å²) in [4.78, 5) is 22.4. The van der Waals surface area contributed by atoms with Crippen molar-refractivity contribution in [1.29, 1.82) is 0 Å². The summed E-state index contributed by atoms with van der Waals surface area (Å²) in [6.07, 6.45) is 2.90. The molecule has 0 unspecified atom stereocenters. The van der Waals surface area contributed by atoms with E-state index < -0.39 is 4.92 Å². The maximum absolute atomic E-state index is 11.8. The fourth-order valence-electron chi connectivity index (χ4n) is 2.32. The van der Waals surface area contributed by atoms with Gasteiger partial charge >= 0.3 is 0 Å². The van der Waals surface area contributed by atoms with Gasteiger partial charge in [-0.3, -0.25) is 14.9 Å². The van der Waals surface area contributed by atoms with Gasteiger partial charge < -0.3 is 16.4 Å². The number of carbonyl (C=O) groups excluding carboxylic acids is 1. The third kappa shape index (κ3) is 3.49. The van der Waals surface area contributed by atoms with Crippen LogP contribution in [0.4, 0.5) is 11.4 Å². The molecule has 1 aromatic rings. The number of anilines is 1. The molecule has 1 aliphatic rings. The van der Waals surface area contributed by atoms with Gasteiger partial charge in [-0.2, -0.15) is 0 Å². The third-order valence-electron chi connectivity index (χ3n) is 3.77. The highest BCUT2D eigenvalue weighted by molar-refractivity contribution is 5.95. The van der Waals surface area contributed by atoms with Crippen molar-refractivity contribution in [3.63, 3.8) is 0 Å². The van der Waals surface area contributed by atoms with Crippen LogP contribution < -0.4 is 16.4 Å². The lowest BCUT2D eigenvalue weighted by Crippen LogP contribution is -2.52. The van der Waals surface area contributed by atoms with E-state index in [4.69, 9.17) is 5.73 Å². The number of carbonyl (C=O) groups is 1. The van der Waals surface area contributed by atoms with Crippen molar-refractivity contribution in [2.24, 2.45) is 5.73 Å². The second-order valence-corrected chi connectivity index (χ2v) is 5.42. The number of amides is 1. The van der Waals surface area contributed by atoms with E-state index in [0.29, 0.717) is 24.3 Å². The highest BCUT2D eigenvalue weighted by Crippen LogP contribution is 2.31. The monoisotopic (exact) mass is 292 g/mol. The Morgan fingerprint density at radius 1 is 1.48 bits per heavy atom. The lowest BCUT2D eigenvalue weighted by molar-refractivity contribution is -0.384. The van der Waals surface area contributed by atoms with Crippen molar-refractivity contribution >= 4 is 17.3 Å². The number of nitrogens with two attached hydrogens (primary N) is 1. The molecular formula is C14H20N4O3. The fourth-order valence-corrected chi connectivity index (χ4v) is 2.32. The first kappa shape index (κ1) is 15.2. The molecule has 0 aromatic heterocycles. The minimum atomic E-state index is -0.464. The Morgan fingerprint density at radius 3 is 2.71 bits per heavy atom. The maximum Gasteiger partial charge on any atom is 0.292 e. The summed E-state index contributed by atoms with van der Waals surface area (Å²) < 4.78 is 0. The van der Waals surface area contributed by atoms with E-state index in [1.807, 2.05) is 6.92 Å². The van der Waals surface area contributed by atoms with Crippen LogP contribution in [0.3, 0.4) is 0 Å². The van der Waals surface area contributed by atoms with Gasteiger partial charge in [0.15, 0.2) is 0 Å². The third-order valence-corrected chi connectivity index (χ3v) is 3.77. The van der Waals surface area contributed by atoms with Crippen LogP contribution in [0.15, 0.2) is 18.2 Å². The molecule has 7 heteroatoms. The molecule has 1 amide bonds. The van der Waals surface area contributed by atoms with E-state index >= 15 is 0 Å². The van der Waals surface area contributed by atoms with E-state index in [1.54, 1.807) is 0 Å². The van der Waals surface area contributed by atoms with Crippen LogP contribution in [0, 0.1) is 10.1 Å². The first-order chi connectivity index (χ1) is 9.95. The largest absolute Gasteiger partial charge is 0.378 e. The number of hydrogen-bond acceptors (Lipinski definition) is 5. The van der Waals surface area contributed by atoms with Crippen molar-refractivity contribution in [3.8, 4) is 0 Å². The first-order valence-corrected chi connectivity index (χ1v) is 7.04. The molecule has 1 aliphatic carbocycles. The van der Waals surface area contributed by atoms with Gasteiger partial charge in [-0.15, -0.1) is 0 Å². The zero-order chi connectivity index (χ0) is 15.5. The number of nitrogens with zero attached hydrogens (tertiary/aromatic N) is 1. The zero-order valence-electron chi connectivity index (χ0n) is 12.0. The Hall–Kier alpha value is -2.15. The van der Waals surface area contributed by atoms with E-state index in [1.165, 1.54) is 18.2 Å². The minimum Gasteiger partial charge on any atom is -0.378 e. The molecule has 0 heterocycles. The van der Waals surface area contributed by atoms with Crippen molar-refractivity contribution < 1.29 is 9.72 Å². The number of hydrogen-bond donors (Lipinski definition) is 3. The molecule has 0 bridgehead atoms. The molecule has 1 aromatic carbocycles. The molecule has 0 aliphatic heterocycles. The quantitative estimate of drug-likeness (QED) is 0.545. The zero-order valence-corrected chi connectivity index (χ0v) is 12.0. The lowest BCUT2D eigenvalue weighted by atomic mass is 9.78. The van der Waals surface area contributed by atoms with Crippen molar-refractivity contribution in [3.05, 3.63) is 33.9 Å². The number of nitro benzene ring substituents is 1. The number of benzene rings is 1. The van der Waals surface area contributed by atoms with Gasteiger partial charge in [0.05, 0.1) is 4.92 Å². The van der Waals surface area contributed by atoms with Crippen molar-refractivity contribution in [2.45, 2.75) is 31.7 Å². The normalized spacial score (nSPS) is 15.9. The molecule has 1 fully saturated rings. The Labute approximate surface area is 123 Å². The second kappa shape index (κ2) is 6.09. The Morgan fingerprint density at radius 2 is 2.19 bits per heavy atom. The fraction of sp³-hybridized carbons (Fsp3) is 0.500. The van der Waals surface area contributed by atoms with E-state index in [0.717, 1.165) is 19.3 Å². The smallest absolute Gasteiger partial charge is 0.292 e. The Balaban J connectivity index is 2.20. The van der Waals surface area contributed by atoms with Crippen LogP contribution in [0.1, 0.15) is 36.5 Å². The van der Waals surface area contributed by atoms with Crippen LogP contribution in [-0.4, -0.2) is 29.5 Å². The molecule has 0 atom stereocenters. The van der Waals surface area contributed by atoms with Crippen LogP contribution in [0.5, 0.6) is 0 Å². The van der Waals surface area contributed by atoms with Crippen molar-refractivity contribution in [1.82, 2.24) is 5.32 Å². The molecular weight excluding hydrogens is 272 g/mol. The highest BCUT2D eigenvalue weighted by Gasteiger charge is 2.32. The van der Waals surface area contributed by atoms with Gasteiger partial charge in [-0.05, 0) is 38.3 Å². The summed E-state index contributed by atoms with van der Waals surface area (Å²) in [5.41, 5.74) is 6.49.